The molecule has 2 fully saturated rings. The lowest BCUT2D eigenvalue weighted by atomic mass is 9.52. The van der Waals surface area contributed by atoms with Gasteiger partial charge in [-0.1, -0.05) is 18.9 Å². The van der Waals surface area contributed by atoms with E-state index in [9.17, 15) is 0 Å². The molecule has 0 spiro atoms. The van der Waals surface area contributed by atoms with Gasteiger partial charge in [-0.3, -0.25) is 0 Å². The van der Waals surface area contributed by atoms with Crippen molar-refractivity contribution in [3.63, 3.8) is 0 Å². The average molecular weight is 298 g/mol. The van der Waals surface area contributed by atoms with Crippen molar-refractivity contribution in [1.29, 1.82) is 0 Å². The fourth-order valence-corrected chi connectivity index (χ4v) is 5.74. The number of likely N-dealkylation sites (tertiary alicyclic amines) is 1. The maximum atomic E-state index is 3.56. The highest BCUT2D eigenvalue weighted by molar-refractivity contribution is 5.58. The SMILES string of the molecule is CCNc1cc2c(cc1C)[C@]13CCCC[C@@H]1[C@H](C2)N(C)CC3. The number of piperidine rings is 1. The van der Waals surface area contributed by atoms with Crippen molar-refractivity contribution in [2.24, 2.45) is 5.92 Å². The first-order valence-electron chi connectivity index (χ1n) is 9.24. The van der Waals surface area contributed by atoms with E-state index in [1.807, 2.05) is 0 Å². The number of likely N-dealkylation sites (N-methyl/N-ethyl adjacent to an activating group) is 1. The lowest BCUT2D eigenvalue weighted by Crippen LogP contribution is -2.59. The van der Waals surface area contributed by atoms with Crippen LogP contribution in [-0.2, 0) is 11.8 Å². The van der Waals surface area contributed by atoms with Crippen LogP contribution in [0.5, 0.6) is 0 Å². The van der Waals surface area contributed by atoms with Gasteiger partial charge in [-0.05, 0) is 81.8 Å². The van der Waals surface area contributed by atoms with Crippen molar-refractivity contribution in [2.45, 2.75) is 63.8 Å². The zero-order valence-corrected chi connectivity index (χ0v) is 14.4. The fraction of sp³-hybridized carbons (Fsp3) is 0.700. The smallest absolute Gasteiger partial charge is 0.0372 e. The van der Waals surface area contributed by atoms with E-state index >= 15 is 0 Å². The third-order valence-corrected chi connectivity index (χ3v) is 6.82. The summed E-state index contributed by atoms with van der Waals surface area (Å²) in [7, 11) is 2.35. The van der Waals surface area contributed by atoms with Gasteiger partial charge in [-0.25, -0.2) is 0 Å². The van der Waals surface area contributed by atoms with E-state index in [0.717, 1.165) is 18.5 Å². The topological polar surface area (TPSA) is 15.3 Å². The molecule has 2 nitrogen and oxygen atoms in total. The molecular weight excluding hydrogens is 268 g/mol. The normalized spacial score (nSPS) is 34.0. The summed E-state index contributed by atoms with van der Waals surface area (Å²) < 4.78 is 0. The molecule has 0 amide bonds. The van der Waals surface area contributed by atoms with Crippen LogP contribution in [0.3, 0.4) is 0 Å². The minimum Gasteiger partial charge on any atom is -0.385 e. The summed E-state index contributed by atoms with van der Waals surface area (Å²) >= 11 is 0. The molecule has 1 aromatic carbocycles. The third kappa shape index (κ3) is 1.96. The monoisotopic (exact) mass is 298 g/mol. The van der Waals surface area contributed by atoms with Gasteiger partial charge in [-0.2, -0.15) is 0 Å². The molecule has 2 heteroatoms. The molecule has 1 heterocycles. The van der Waals surface area contributed by atoms with Crippen LogP contribution in [0.1, 0.15) is 55.7 Å². The highest BCUT2D eigenvalue weighted by atomic mass is 15.1. The second-order valence-electron chi connectivity index (χ2n) is 7.87. The number of hydrogen-bond acceptors (Lipinski definition) is 2. The van der Waals surface area contributed by atoms with Gasteiger partial charge in [0.05, 0.1) is 0 Å². The largest absolute Gasteiger partial charge is 0.385 e. The molecule has 3 atom stereocenters. The predicted molar refractivity (Wildman–Crippen MR) is 93.7 cm³/mol. The van der Waals surface area contributed by atoms with Crippen LogP contribution in [0.25, 0.3) is 0 Å². The molecule has 1 saturated carbocycles. The lowest BCUT2D eigenvalue weighted by molar-refractivity contribution is 0.00285. The number of benzene rings is 1. The van der Waals surface area contributed by atoms with Crippen LogP contribution in [0.2, 0.25) is 0 Å². The molecule has 0 unspecified atom stereocenters. The summed E-state index contributed by atoms with van der Waals surface area (Å²) in [5.74, 6) is 0.900. The number of nitrogens with zero attached hydrogens (tertiary/aromatic N) is 1. The number of rotatable bonds is 2. The first-order valence-corrected chi connectivity index (χ1v) is 9.24. The van der Waals surface area contributed by atoms with E-state index in [4.69, 9.17) is 0 Å². The summed E-state index contributed by atoms with van der Waals surface area (Å²) in [6, 6.07) is 5.80. The molecule has 2 bridgehead atoms. The summed E-state index contributed by atoms with van der Waals surface area (Å²) in [5, 5.41) is 3.56. The number of hydrogen-bond donors (Lipinski definition) is 1. The molecule has 1 saturated heterocycles. The molecule has 1 N–H and O–H groups in total. The molecule has 120 valence electrons. The number of fused-ring (bicyclic) bond motifs is 1. The molecule has 22 heavy (non-hydrogen) atoms. The third-order valence-electron chi connectivity index (χ3n) is 6.82. The van der Waals surface area contributed by atoms with Gasteiger partial charge in [0.25, 0.3) is 0 Å². The van der Waals surface area contributed by atoms with E-state index in [-0.39, 0.29) is 0 Å². The zero-order valence-electron chi connectivity index (χ0n) is 14.4. The van der Waals surface area contributed by atoms with Crippen LogP contribution in [0, 0.1) is 12.8 Å². The second kappa shape index (κ2) is 5.26. The Labute approximate surface area is 135 Å². The van der Waals surface area contributed by atoms with Crippen molar-refractivity contribution >= 4 is 5.69 Å². The quantitative estimate of drug-likeness (QED) is 0.883. The van der Waals surface area contributed by atoms with Gasteiger partial charge in [-0.15, -0.1) is 0 Å². The van der Waals surface area contributed by atoms with E-state index in [2.05, 4.69) is 43.2 Å². The highest BCUT2D eigenvalue weighted by Gasteiger charge is 2.53. The van der Waals surface area contributed by atoms with E-state index in [0.29, 0.717) is 5.41 Å². The van der Waals surface area contributed by atoms with Crippen molar-refractivity contribution < 1.29 is 0 Å². The van der Waals surface area contributed by atoms with E-state index < -0.39 is 0 Å². The molecule has 0 radical (unpaired) electrons. The van der Waals surface area contributed by atoms with Gasteiger partial charge in [0.15, 0.2) is 0 Å². The Balaban J connectivity index is 1.85. The Hall–Kier alpha value is -1.02. The maximum Gasteiger partial charge on any atom is 0.0372 e. The summed E-state index contributed by atoms with van der Waals surface area (Å²) in [6.07, 6.45) is 8.38. The maximum absolute atomic E-state index is 3.56. The Morgan fingerprint density at radius 2 is 2.14 bits per heavy atom. The van der Waals surface area contributed by atoms with Gasteiger partial charge in [0.1, 0.15) is 0 Å². The standard InChI is InChI=1S/C20H30N2/c1-4-21-18-12-15-13-19-16-7-5-6-8-20(16,9-10-22(19)3)17(15)11-14(18)2/h11-12,16,19,21H,4-10,13H2,1-3H3/t16-,19+,20+/m1/s1. The Kier molecular flexibility index (Phi) is 3.48. The highest BCUT2D eigenvalue weighted by Crippen LogP contribution is 2.55. The van der Waals surface area contributed by atoms with Crippen molar-refractivity contribution in [1.82, 2.24) is 4.90 Å². The first kappa shape index (κ1) is 14.6. The van der Waals surface area contributed by atoms with E-state index in [1.165, 1.54) is 56.3 Å². The number of aryl methyl sites for hydroxylation is 1. The molecule has 4 rings (SSSR count). The minimum atomic E-state index is 0.499. The van der Waals surface area contributed by atoms with Crippen molar-refractivity contribution in [3.8, 4) is 0 Å². The van der Waals surface area contributed by atoms with Gasteiger partial charge in [0.2, 0.25) is 0 Å². The molecule has 1 aromatic rings. The minimum absolute atomic E-state index is 0.499. The van der Waals surface area contributed by atoms with Crippen LogP contribution in [0.15, 0.2) is 12.1 Å². The fourth-order valence-electron chi connectivity index (χ4n) is 5.74. The summed E-state index contributed by atoms with van der Waals surface area (Å²) in [5.41, 5.74) is 6.65. The number of anilines is 1. The molecule has 2 aliphatic carbocycles. The average Bonchev–Trinajstić information content (AvgIpc) is 2.53. The number of nitrogens with one attached hydrogen (secondary N) is 1. The molecule has 1 aliphatic heterocycles. The van der Waals surface area contributed by atoms with Crippen molar-refractivity contribution in [3.05, 3.63) is 28.8 Å². The summed E-state index contributed by atoms with van der Waals surface area (Å²) in [6.45, 7) is 6.77. The molecule has 3 aliphatic rings. The lowest BCUT2D eigenvalue weighted by Gasteiger charge is -2.58. The van der Waals surface area contributed by atoms with Gasteiger partial charge in [0, 0.05) is 23.7 Å². The Bertz CT molecular complexity index is 579. The Morgan fingerprint density at radius 1 is 1.27 bits per heavy atom. The van der Waals surface area contributed by atoms with Crippen molar-refractivity contribution in [2.75, 3.05) is 25.5 Å². The predicted octanol–water partition coefficient (Wildman–Crippen LogP) is 4.12. The van der Waals surface area contributed by atoms with E-state index in [1.54, 1.807) is 11.1 Å². The zero-order chi connectivity index (χ0) is 15.3. The van der Waals surface area contributed by atoms with Gasteiger partial charge < -0.3 is 10.2 Å². The van der Waals surface area contributed by atoms with Crippen LogP contribution >= 0.6 is 0 Å². The van der Waals surface area contributed by atoms with Crippen LogP contribution in [-0.4, -0.2) is 31.1 Å². The summed E-state index contributed by atoms with van der Waals surface area (Å²) in [4.78, 5) is 2.66. The molecule has 0 aromatic heterocycles. The van der Waals surface area contributed by atoms with Crippen LogP contribution in [0.4, 0.5) is 5.69 Å². The second-order valence-corrected chi connectivity index (χ2v) is 7.87. The first-order chi connectivity index (χ1) is 10.7. The molecular formula is C20H30N2. The van der Waals surface area contributed by atoms with Gasteiger partial charge >= 0.3 is 0 Å². The Morgan fingerprint density at radius 3 is 2.95 bits per heavy atom. The van der Waals surface area contributed by atoms with Crippen LogP contribution < -0.4 is 5.32 Å².